The number of rotatable bonds is 3. The van der Waals surface area contributed by atoms with Crippen molar-refractivity contribution in [3.63, 3.8) is 0 Å². The van der Waals surface area contributed by atoms with Crippen LogP contribution in [0.3, 0.4) is 0 Å². The molecular weight excluding hydrogens is 374 g/mol. The van der Waals surface area contributed by atoms with Crippen LogP contribution in [0.5, 0.6) is 0 Å². The number of piperidine rings is 1. The van der Waals surface area contributed by atoms with Crippen molar-refractivity contribution in [2.75, 3.05) is 49.5 Å². The fourth-order valence-corrected chi connectivity index (χ4v) is 5.77. The molecule has 1 aromatic rings. The Morgan fingerprint density at radius 1 is 1.00 bits per heavy atom. The van der Waals surface area contributed by atoms with E-state index in [0.717, 1.165) is 63.2 Å². The summed E-state index contributed by atoms with van der Waals surface area (Å²) in [5.74, 6) is 1.69. The first-order chi connectivity index (χ1) is 14.8. The molecule has 0 bridgehead atoms. The van der Waals surface area contributed by atoms with E-state index in [4.69, 9.17) is 0 Å². The summed E-state index contributed by atoms with van der Waals surface area (Å²) in [6, 6.07) is 4.76. The first-order valence-electron chi connectivity index (χ1n) is 12.0. The van der Waals surface area contributed by atoms with E-state index in [1.54, 1.807) is 0 Å². The number of carbonyl (C=O) groups is 1. The van der Waals surface area contributed by atoms with Crippen molar-refractivity contribution in [3.8, 4) is 0 Å². The summed E-state index contributed by atoms with van der Waals surface area (Å²) in [6.45, 7) is 5.91. The van der Waals surface area contributed by atoms with Crippen molar-refractivity contribution >= 4 is 17.5 Å². The molecule has 6 heteroatoms. The Hall–Kier alpha value is -2.08. The zero-order valence-electron chi connectivity index (χ0n) is 18.1. The molecule has 4 aliphatic rings. The molecule has 1 atom stereocenters. The molecule has 6 nitrogen and oxygen atoms in total. The van der Waals surface area contributed by atoms with Crippen LogP contribution >= 0.6 is 0 Å². The molecule has 2 saturated heterocycles. The Labute approximate surface area is 180 Å². The summed E-state index contributed by atoms with van der Waals surface area (Å²) in [7, 11) is 0. The molecule has 2 aliphatic heterocycles. The van der Waals surface area contributed by atoms with Gasteiger partial charge in [-0.3, -0.25) is 4.90 Å². The van der Waals surface area contributed by atoms with Crippen LogP contribution < -0.4 is 10.2 Å². The second-order valence-electron chi connectivity index (χ2n) is 9.41. The number of aromatic nitrogens is 1. The van der Waals surface area contributed by atoms with Gasteiger partial charge in [-0.05, 0) is 50.5 Å². The molecule has 5 rings (SSSR count). The Kier molecular flexibility index (Phi) is 5.93. The third-order valence-electron chi connectivity index (χ3n) is 7.57. The average Bonchev–Trinajstić information content (AvgIpc) is 3.34. The van der Waals surface area contributed by atoms with Gasteiger partial charge in [0.05, 0.1) is 0 Å². The SMILES string of the molecule is O=C(Nc1ccnc(N2CCN(C3CCCC3)CC2)c1)N1CCC2CCCC=C2C1. The molecule has 162 valence electrons. The first-order valence-corrected chi connectivity index (χ1v) is 12.0. The number of piperazine rings is 1. The number of nitrogens with zero attached hydrogens (tertiary/aromatic N) is 4. The molecule has 1 saturated carbocycles. The van der Waals surface area contributed by atoms with Gasteiger partial charge in [0.2, 0.25) is 0 Å². The van der Waals surface area contributed by atoms with Crippen LogP contribution in [0.2, 0.25) is 0 Å². The fraction of sp³-hybridized carbons (Fsp3) is 0.667. The number of hydrogen-bond donors (Lipinski definition) is 1. The number of amides is 2. The smallest absolute Gasteiger partial charge is 0.322 e. The summed E-state index contributed by atoms with van der Waals surface area (Å²) >= 11 is 0. The highest BCUT2D eigenvalue weighted by molar-refractivity contribution is 5.90. The number of fused-ring (bicyclic) bond motifs is 1. The third kappa shape index (κ3) is 4.34. The zero-order valence-corrected chi connectivity index (χ0v) is 18.1. The third-order valence-corrected chi connectivity index (χ3v) is 7.57. The van der Waals surface area contributed by atoms with Crippen LogP contribution in [0.25, 0.3) is 0 Å². The highest BCUT2D eigenvalue weighted by atomic mass is 16.2. The zero-order chi connectivity index (χ0) is 20.3. The maximum absolute atomic E-state index is 12.9. The number of urea groups is 1. The largest absolute Gasteiger partial charge is 0.354 e. The summed E-state index contributed by atoms with van der Waals surface area (Å²) in [5.41, 5.74) is 2.32. The molecule has 1 N–H and O–H groups in total. The lowest BCUT2D eigenvalue weighted by Gasteiger charge is -2.38. The van der Waals surface area contributed by atoms with E-state index < -0.39 is 0 Å². The van der Waals surface area contributed by atoms with E-state index in [9.17, 15) is 4.79 Å². The first kappa shape index (κ1) is 19.9. The summed E-state index contributed by atoms with van der Waals surface area (Å²) in [6.07, 6.45) is 14.6. The van der Waals surface area contributed by atoms with Gasteiger partial charge in [0.25, 0.3) is 0 Å². The highest BCUT2D eigenvalue weighted by Gasteiger charge is 2.29. The molecular formula is C24H35N5O. The van der Waals surface area contributed by atoms with Crippen LogP contribution in [0, 0.1) is 5.92 Å². The molecule has 0 radical (unpaired) electrons. The number of allylic oxidation sites excluding steroid dienone is 1. The van der Waals surface area contributed by atoms with Gasteiger partial charge >= 0.3 is 6.03 Å². The standard InChI is InChI=1S/C24H35N5O/c30-24(29-12-10-19-5-1-2-6-20(19)18-29)26-21-9-11-25-23(17-21)28-15-13-27(14-16-28)22-7-3-4-8-22/h6,9,11,17,19,22H,1-5,7-8,10,12-16,18H2,(H,25,26,30). The molecule has 0 aromatic carbocycles. The lowest BCUT2D eigenvalue weighted by Crippen LogP contribution is -2.50. The van der Waals surface area contributed by atoms with E-state index in [1.807, 2.05) is 23.2 Å². The Bertz CT molecular complexity index is 780. The van der Waals surface area contributed by atoms with Crippen molar-refractivity contribution in [3.05, 3.63) is 30.0 Å². The average molecular weight is 410 g/mol. The molecule has 2 amide bonds. The molecule has 2 aliphatic carbocycles. The van der Waals surface area contributed by atoms with Gasteiger partial charge < -0.3 is 15.1 Å². The Morgan fingerprint density at radius 2 is 1.83 bits per heavy atom. The number of carbonyl (C=O) groups excluding carboxylic acids is 1. The normalized spacial score (nSPS) is 25.7. The minimum atomic E-state index is 0.0168. The minimum Gasteiger partial charge on any atom is -0.354 e. The number of anilines is 2. The summed E-state index contributed by atoms with van der Waals surface area (Å²) < 4.78 is 0. The van der Waals surface area contributed by atoms with Crippen LogP contribution in [-0.4, -0.2) is 66.1 Å². The predicted octanol–water partition coefficient (Wildman–Crippen LogP) is 4.11. The van der Waals surface area contributed by atoms with Crippen molar-refractivity contribution in [1.29, 1.82) is 0 Å². The van der Waals surface area contributed by atoms with Crippen molar-refractivity contribution in [2.45, 2.75) is 57.4 Å². The quantitative estimate of drug-likeness (QED) is 0.764. The molecule has 0 spiro atoms. The van der Waals surface area contributed by atoms with Crippen LogP contribution in [0.15, 0.2) is 30.0 Å². The Balaban J connectivity index is 1.17. The van der Waals surface area contributed by atoms with Crippen molar-refractivity contribution in [2.24, 2.45) is 5.92 Å². The van der Waals surface area contributed by atoms with E-state index >= 15 is 0 Å². The second kappa shape index (κ2) is 8.96. The molecule has 30 heavy (non-hydrogen) atoms. The second-order valence-corrected chi connectivity index (χ2v) is 9.41. The van der Waals surface area contributed by atoms with E-state index in [2.05, 4.69) is 26.2 Å². The minimum absolute atomic E-state index is 0.0168. The van der Waals surface area contributed by atoms with Crippen molar-refractivity contribution in [1.82, 2.24) is 14.8 Å². The predicted molar refractivity (Wildman–Crippen MR) is 121 cm³/mol. The monoisotopic (exact) mass is 409 g/mol. The number of hydrogen-bond acceptors (Lipinski definition) is 4. The van der Waals surface area contributed by atoms with Crippen LogP contribution in [0.1, 0.15) is 51.4 Å². The summed E-state index contributed by atoms with van der Waals surface area (Å²) in [5, 5.41) is 3.12. The van der Waals surface area contributed by atoms with Gasteiger partial charge in [-0.2, -0.15) is 0 Å². The maximum atomic E-state index is 12.9. The van der Waals surface area contributed by atoms with Crippen molar-refractivity contribution < 1.29 is 4.79 Å². The fourth-order valence-electron chi connectivity index (χ4n) is 5.77. The maximum Gasteiger partial charge on any atom is 0.322 e. The van der Waals surface area contributed by atoms with Crippen LogP contribution in [-0.2, 0) is 0 Å². The van der Waals surface area contributed by atoms with Gasteiger partial charge in [-0.1, -0.05) is 24.5 Å². The van der Waals surface area contributed by atoms with Crippen LogP contribution in [0.4, 0.5) is 16.3 Å². The highest BCUT2D eigenvalue weighted by Crippen LogP contribution is 2.32. The molecule has 3 heterocycles. The molecule has 1 unspecified atom stereocenters. The van der Waals surface area contributed by atoms with E-state index in [0.29, 0.717) is 5.92 Å². The topological polar surface area (TPSA) is 51.7 Å². The van der Waals surface area contributed by atoms with Gasteiger partial charge in [0.1, 0.15) is 5.82 Å². The lowest BCUT2D eigenvalue weighted by molar-refractivity contribution is 0.187. The number of nitrogens with one attached hydrogen (secondary N) is 1. The molecule has 1 aromatic heterocycles. The van der Waals surface area contributed by atoms with E-state index in [-0.39, 0.29) is 6.03 Å². The van der Waals surface area contributed by atoms with Gasteiger partial charge in [-0.15, -0.1) is 0 Å². The number of likely N-dealkylation sites (tertiary alicyclic amines) is 1. The number of pyridine rings is 1. The molecule has 3 fully saturated rings. The van der Waals surface area contributed by atoms with Gasteiger partial charge in [0.15, 0.2) is 0 Å². The lowest BCUT2D eigenvalue weighted by atomic mass is 9.82. The van der Waals surface area contributed by atoms with Gasteiger partial charge in [0, 0.05) is 63.3 Å². The Morgan fingerprint density at radius 3 is 2.67 bits per heavy atom. The summed E-state index contributed by atoms with van der Waals surface area (Å²) in [4.78, 5) is 24.5. The van der Waals surface area contributed by atoms with E-state index in [1.165, 1.54) is 50.5 Å². The van der Waals surface area contributed by atoms with Gasteiger partial charge in [-0.25, -0.2) is 9.78 Å².